The Bertz CT molecular complexity index is 1460. The number of hydrogen-bond donors (Lipinski definition) is 2. The van der Waals surface area contributed by atoms with Gasteiger partial charge in [-0.05, 0) is 30.7 Å². The number of oxazole rings is 1. The summed E-state index contributed by atoms with van der Waals surface area (Å²) >= 11 is 0. The smallest absolute Gasteiger partial charge is 0.417 e. The molecule has 0 unspecified atom stereocenters. The maximum Gasteiger partial charge on any atom is 0.417 e. The lowest BCUT2D eigenvalue weighted by Gasteiger charge is -2.12. The van der Waals surface area contributed by atoms with Crippen molar-refractivity contribution in [3.63, 3.8) is 0 Å². The Kier molecular flexibility index (Phi) is 5.03. The first-order valence-corrected chi connectivity index (χ1v) is 10.5. The standard InChI is InChI=1S/C20H16N4O6S/c1-12-9-15-17(30-20(26)22-15)11-18(12)31(27,28)23-14-10-13(19(25)29-2)3-4-16(14)24-7-5-21-6-8-24/h3-11H,1-2H3,(H-,21,22,23,26)/p+1. The molecule has 0 aliphatic carbocycles. The van der Waals surface area contributed by atoms with Crippen molar-refractivity contribution in [2.75, 3.05) is 11.8 Å². The minimum Gasteiger partial charge on any atom is -0.465 e. The van der Waals surface area contributed by atoms with Gasteiger partial charge < -0.3 is 9.15 Å². The van der Waals surface area contributed by atoms with Crippen LogP contribution in [0.5, 0.6) is 0 Å². The fourth-order valence-electron chi connectivity index (χ4n) is 3.14. The minimum atomic E-state index is -4.11. The SMILES string of the molecule is COC(=O)c1ccc(-[n+]2ccncc2)c(NS(=O)(=O)c2cc3oc(=O)[nH]c3cc2C)c1. The summed E-state index contributed by atoms with van der Waals surface area (Å²) in [6.07, 6.45) is 6.35. The molecule has 0 aliphatic rings. The highest BCUT2D eigenvalue weighted by molar-refractivity contribution is 7.92. The molecule has 158 valence electrons. The molecule has 0 saturated heterocycles. The highest BCUT2D eigenvalue weighted by Crippen LogP contribution is 2.26. The highest BCUT2D eigenvalue weighted by Gasteiger charge is 2.24. The van der Waals surface area contributed by atoms with Gasteiger partial charge in [0.25, 0.3) is 10.0 Å². The number of hydrogen-bond acceptors (Lipinski definition) is 7. The molecule has 0 aliphatic heterocycles. The number of methoxy groups -OCH3 is 1. The van der Waals surface area contributed by atoms with Crippen LogP contribution in [0.25, 0.3) is 16.8 Å². The Labute approximate surface area is 176 Å². The fourth-order valence-corrected chi connectivity index (χ4v) is 4.45. The molecule has 2 aromatic heterocycles. The van der Waals surface area contributed by atoms with Crippen molar-refractivity contribution in [1.29, 1.82) is 0 Å². The summed E-state index contributed by atoms with van der Waals surface area (Å²) in [5.74, 6) is -1.29. The first-order chi connectivity index (χ1) is 14.8. The number of esters is 1. The summed E-state index contributed by atoms with van der Waals surface area (Å²) in [7, 11) is -2.88. The number of aromatic amines is 1. The first kappa shape index (κ1) is 20.3. The second kappa shape index (κ2) is 7.69. The number of sulfonamides is 1. The zero-order valence-corrected chi connectivity index (χ0v) is 17.3. The topological polar surface area (TPSA) is 135 Å². The lowest BCUT2D eigenvalue weighted by molar-refractivity contribution is -0.595. The lowest BCUT2D eigenvalue weighted by atomic mass is 10.1. The number of nitrogens with one attached hydrogen (secondary N) is 2. The van der Waals surface area contributed by atoms with E-state index in [0.29, 0.717) is 16.8 Å². The zero-order chi connectivity index (χ0) is 22.2. The number of benzene rings is 2. The number of ether oxygens (including phenoxy) is 1. The third kappa shape index (κ3) is 3.90. The van der Waals surface area contributed by atoms with E-state index in [2.05, 4.69) is 14.7 Å². The molecule has 0 radical (unpaired) electrons. The Morgan fingerprint density at radius 2 is 1.94 bits per heavy atom. The molecule has 0 atom stereocenters. The average Bonchev–Trinajstić information content (AvgIpc) is 3.11. The molecule has 0 saturated carbocycles. The molecule has 0 spiro atoms. The van der Waals surface area contributed by atoms with Gasteiger partial charge in [-0.2, -0.15) is 4.57 Å². The predicted octanol–water partition coefficient (Wildman–Crippen LogP) is 1.69. The monoisotopic (exact) mass is 441 g/mol. The van der Waals surface area contributed by atoms with Gasteiger partial charge in [0.1, 0.15) is 5.69 Å². The number of carbonyl (C=O) groups excluding carboxylic acids is 1. The Balaban J connectivity index is 1.84. The zero-order valence-electron chi connectivity index (χ0n) is 16.4. The van der Waals surface area contributed by atoms with Gasteiger partial charge in [0.2, 0.25) is 5.69 Å². The van der Waals surface area contributed by atoms with Crippen molar-refractivity contribution in [3.8, 4) is 5.69 Å². The van der Waals surface area contributed by atoms with E-state index in [0.717, 1.165) is 0 Å². The number of aryl methyl sites for hydroxylation is 1. The lowest BCUT2D eigenvalue weighted by Crippen LogP contribution is -2.31. The van der Waals surface area contributed by atoms with E-state index in [1.807, 2.05) is 0 Å². The van der Waals surface area contributed by atoms with E-state index in [4.69, 9.17) is 9.15 Å². The molecular weight excluding hydrogens is 424 g/mol. The molecule has 0 fully saturated rings. The van der Waals surface area contributed by atoms with Crippen LogP contribution in [0.3, 0.4) is 0 Å². The second-order valence-corrected chi connectivity index (χ2v) is 8.26. The van der Waals surface area contributed by atoms with Crippen molar-refractivity contribution in [3.05, 3.63) is 76.8 Å². The minimum absolute atomic E-state index is 0.0723. The van der Waals surface area contributed by atoms with Gasteiger partial charge in [-0.15, -0.1) is 0 Å². The van der Waals surface area contributed by atoms with Gasteiger partial charge in [-0.3, -0.25) is 14.7 Å². The largest absolute Gasteiger partial charge is 0.465 e. The number of H-pyrrole nitrogens is 1. The Morgan fingerprint density at radius 1 is 1.19 bits per heavy atom. The number of carbonyl (C=O) groups is 1. The summed E-state index contributed by atoms with van der Waals surface area (Å²) in [6.45, 7) is 1.60. The Hall–Kier alpha value is -3.99. The van der Waals surface area contributed by atoms with Crippen LogP contribution in [0, 0.1) is 6.92 Å². The van der Waals surface area contributed by atoms with Crippen LogP contribution in [0.1, 0.15) is 15.9 Å². The fraction of sp³-hybridized carbons (Fsp3) is 0.100. The summed E-state index contributed by atoms with van der Waals surface area (Å²) < 4.78 is 40.4. The predicted molar refractivity (Wildman–Crippen MR) is 109 cm³/mol. The van der Waals surface area contributed by atoms with Crippen LogP contribution in [0.15, 0.2) is 69.2 Å². The number of rotatable bonds is 5. The summed E-state index contributed by atoms with van der Waals surface area (Å²) in [5, 5.41) is 0. The van der Waals surface area contributed by atoms with Gasteiger partial charge in [-0.1, -0.05) is 0 Å². The van der Waals surface area contributed by atoms with Gasteiger partial charge in [0, 0.05) is 12.1 Å². The molecule has 11 heteroatoms. The van der Waals surface area contributed by atoms with Crippen LogP contribution in [-0.4, -0.2) is 31.5 Å². The third-order valence-electron chi connectivity index (χ3n) is 4.57. The van der Waals surface area contributed by atoms with Gasteiger partial charge in [0.15, 0.2) is 18.0 Å². The van der Waals surface area contributed by atoms with Gasteiger partial charge in [0.05, 0.1) is 35.5 Å². The van der Waals surface area contributed by atoms with Crippen LogP contribution in [0.2, 0.25) is 0 Å². The van der Waals surface area contributed by atoms with Gasteiger partial charge >= 0.3 is 11.7 Å². The molecule has 10 nitrogen and oxygen atoms in total. The van der Waals surface area contributed by atoms with Crippen molar-refractivity contribution < 1.29 is 26.9 Å². The quantitative estimate of drug-likeness (QED) is 0.355. The van der Waals surface area contributed by atoms with E-state index in [9.17, 15) is 18.0 Å². The molecule has 0 amide bonds. The number of anilines is 1. The van der Waals surface area contributed by atoms with Crippen LogP contribution >= 0.6 is 0 Å². The molecule has 31 heavy (non-hydrogen) atoms. The van der Waals surface area contributed by atoms with Crippen molar-refractivity contribution >= 4 is 32.8 Å². The van der Waals surface area contributed by atoms with E-state index < -0.39 is 21.7 Å². The molecule has 2 N–H and O–H groups in total. The van der Waals surface area contributed by atoms with E-state index in [1.165, 1.54) is 31.4 Å². The second-order valence-electron chi connectivity index (χ2n) is 6.61. The number of nitrogens with zero attached hydrogens (tertiary/aromatic N) is 2. The van der Waals surface area contributed by atoms with Crippen LogP contribution in [0.4, 0.5) is 5.69 Å². The van der Waals surface area contributed by atoms with Crippen LogP contribution in [-0.2, 0) is 14.8 Å². The summed E-state index contributed by atoms with van der Waals surface area (Å²) in [4.78, 5) is 29.8. The average molecular weight is 441 g/mol. The van der Waals surface area contributed by atoms with Gasteiger partial charge in [-0.25, -0.2) is 18.0 Å². The van der Waals surface area contributed by atoms with Crippen molar-refractivity contribution in [2.45, 2.75) is 11.8 Å². The number of aromatic nitrogens is 3. The molecule has 4 rings (SSSR count). The normalized spacial score (nSPS) is 11.4. The third-order valence-corrected chi connectivity index (χ3v) is 6.08. The van der Waals surface area contributed by atoms with E-state index in [-0.39, 0.29) is 21.7 Å². The maximum atomic E-state index is 13.2. The molecule has 0 bridgehead atoms. The van der Waals surface area contributed by atoms with E-state index >= 15 is 0 Å². The van der Waals surface area contributed by atoms with Crippen molar-refractivity contribution in [2.24, 2.45) is 0 Å². The highest BCUT2D eigenvalue weighted by atomic mass is 32.2. The maximum absolute atomic E-state index is 13.2. The van der Waals surface area contributed by atoms with E-state index in [1.54, 1.807) is 42.3 Å². The summed E-state index contributed by atoms with van der Waals surface area (Å²) in [5.41, 5.74) is 1.69. The molecule has 2 aromatic carbocycles. The molecule has 4 aromatic rings. The molecular formula is C20H17N4O6S+. The number of fused-ring (bicyclic) bond motifs is 1. The summed E-state index contributed by atoms with van der Waals surface area (Å²) in [6, 6.07) is 7.28. The van der Waals surface area contributed by atoms with Crippen molar-refractivity contribution in [1.82, 2.24) is 9.97 Å². The first-order valence-electron chi connectivity index (χ1n) is 8.99. The van der Waals surface area contributed by atoms with Crippen LogP contribution < -0.4 is 15.0 Å². The Morgan fingerprint density at radius 3 is 2.65 bits per heavy atom. The molecule has 2 heterocycles.